The number of hydrogen-bond acceptors (Lipinski definition) is 0. The maximum absolute atomic E-state index is 9.10. The molecule has 0 unspecified atom stereocenters. The quantitative estimate of drug-likeness (QED) is 0.188. The third kappa shape index (κ3) is 2.79. The lowest BCUT2D eigenvalue weighted by molar-refractivity contribution is 1.66. The standard InChI is InChI=1S/C34H22/c1-2-12-24(13-3-1)33-29-15-6-8-17-31(29)34(32-18-9-7-16-30(32)33)28-20-10-19-26-25-14-5-4-11-23(25)21-22-27(26)28/h1-22H/i6D,8D,15D,17D. The molecule has 0 aliphatic rings. The monoisotopic (exact) mass is 434 g/mol. The molecule has 0 heteroatoms. The van der Waals surface area contributed by atoms with E-state index in [1.54, 1.807) is 0 Å². The zero-order valence-electron chi connectivity index (χ0n) is 22.4. The van der Waals surface area contributed by atoms with Crippen molar-refractivity contribution in [3.05, 3.63) is 133 Å². The summed E-state index contributed by atoms with van der Waals surface area (Å²) in [5.74, 6) is 0. The maximum atomic E-state index is 9.10. The normalized spacial score (nSPS) is 13.2. The second kappa shape index (κ2) is 7.57. The molecule has 0 radical (unpaired) electrons. The molecule has 0 heterocycles. The van der Waals surface area contributed by atoms with Crippen LogP contribution in [0.15, 0.2) is 133 Å². The number of rotatable bonds is 2. The van der Waals surface area contributed by atoms with E-state index in [1.165, 1.54) is 0 Å². The van der Waals surface area contributed by atoms with Crippen LogP contribution in [0.1, 0.15) is 5.48 Å². The van der Waals surface area contributed by atoms with Crippen LogP contribution in [-0.2, 0) is 0 Å². The van der Waals surface area contributed by atoms with Gasteiger partial charge in [-0.1, -0.05) is 133 Å². The van der Waals surface area contributed by atoms with Gasteiger partial charge in [-0.05, 0) is 65.3 Å². The largest absolute Gasteiger partial charge is 0.0629 e. The minimum atomic E-state index is -0.219. The van der Waals surface area contributed by atoms with E-state index in [9.17, 15) is 0 Å². The number of benzene rings is 7. The van der Waals surface area contributed by atoms with Gasteiger partial charge in [0.25, 0.3) is 0 Å². The van der Waals surface area contributed by atoms with E-state index in [0.29, 0.717) is 10.8 Å². The lowest BCUT2D eigenvalue weighted by Crippen LogP contribution is -1.91. The van der Waals surface area contributed by atoms with Gasteiger partial charge in [0.15, 0.2) is 0 Å². The van der Waals surface area contributed by atoms with E-state index in [-0.39, 0.29) is 24.2 Å². The zero-order chi connectivity index (χ0) is 26.0. The van der Waals surface area contributed by atoms with Crippen molar-refractivity contribution in [1.82, 2.24) is 0 Å². The molecule has 0 spiro atoms. The van der Waals surface area contributed by atoms with Crippen molar-refractivity contribution in [2.75, 3.05) is 0 Å². The summed E-state index contributed by atoms with van der Waals surface area (Å²) in [4.78, 5) is 0. The molecule has 0 saturated carbocycles. The van der Waals surface area contributed by atoms with E-state index < -0.39 is 0 Å². The number of fused-ring (bicyclic) bond motifs is 5. The van der Waals surface area contributed by atoms with Gasteiger partial charge in [-0.25, -0.2) is 0 Å². The molecule has 0 aliphatic carbocycles. The topological polar surface area (TPSA) is 0 Å². The van der Waals surface area contributed by atoms with E-state index >= 15 is 0 Å². The Hall–Kier alpha value is -4.42. The fourth-order valence-corrected chi connectivity index (χ4v) is 5.32. The first-order chi connectivity index (χ1) is 18.6. The van der Waals surface area contributed by atoms with Crippen LogP contribution >= 0.6 is 0 Å². The summed E-state index contributed by atoms with van der Waals surface area (Å²) in [5, 5.41) is 7.51. The van der Waals surface area contributed by atoms with Gasteiger partial charge in [-0.15, -0.1) is 0 Å². The molecule has 7 rings (SSSR count). The summed E-state index contributed by atoms with van der Waals surface area (Å²) in [6.45, 7) is 0. The van der Waals surface area contributed by atoms with Crippen LogP contribution in [-0.4, -0.2) is 0 Å². The SMILES string of the molecule is [2H]c1c([2H])c([2H])c2c(-c3cccc4c3ccc3ccccc34)c3ccccc3c(-c3ccccc3)c2c1[2H]. The predicted molar refractivity (Wildman–Crippen MR) is 147 cm³/mol. The summed E-state index contributed by atoms with van der Waals surface area (Å²) in [6, 6.07) is 36.4. The predicted octanol–water partition coefficient (Wildman–Crippen LogP) is 9.63. The highest BCUT2D eigenvalue weighted by molar-refractivity contribution is 6.24. The minimum Gasteiger partial charge on any atom is -0.0622 e. The van der Waals surface area contributed by atoms with Crippen LogP contribution < -0.4 is 0 Å². The van der Waals surface area contributed by atoms with Crippen molar-refractivity contribution in [3.63, 3.8) is 0 Å². The fourth-order valence-electron chi connectivity index (χ4n) is 5.32. The Balaban J connectivity index is 1.76. The summed E-state index contributed by atoms with van der Waals surface area (Å²) in [5.41, 5.74) is 3.55. The molecule has 7 aromatic carbocycles. The molecule has 0 saturated heterocycles. The van der Waals surface area contributed by atoms with Gasteiger partial charge in [0.1, 0.15) is 0 Å². The molecule has 0 fully saturated rings. The van der Waals surface area contributed by atoms with Crippen molar-refractivity contribution < 1.29 is 5.48 Å². The third-order valence-corrected chi connectivity index (χ3v) is 6.77. The minimum absolute atomic E-state index is 0.0162. The molecule has 0 aliphatic heterocycles. The van der Waals surface area contributed by atoms with Crippen LogP contribution in [0.4, 0.5) is 0 Å². The van der Waals surface area contributed by atoms with Crippen molar-refractivity contribution in [1.29, 1.82) is 0 Å². The molecular weight excluding hydrogens is 408 g/mol. The Labute approximate surface area is 204 Å². The summed E-state index contributed by atoms with van der Waals surface area (Å²) < 4.78 is 35.2. The first-order valence-electron chi connectivity index (χ1n) is 13.5. The molecule has 0 aromatic heterocycles. The average Bonchev–Trinajstić information content (AvgIpc) is 2.97. The Morgan fingerprint density at radius 1 is 0.382 bits per heavy atom. The van der Waals surface area contributed by atoms with Gasteiger partial charge in [-0.2, -0.15) is 0 Å². The van der Waals surface area contributed by atoms with Gasteiger partial charge in [-0.3, -0.25) is 0 Å². The molecule has 7 aromatic rings. The second-order valence-electron chi connectivity index (χ2n) is 8.60. The van der Waals surface area contributed by atoms with E-state index in [2.05, 4.69) is 48.5 Å². The second-order valence-corrected chi connectivity index (χ2v) is 8.60. The van der Waals surface area contributed by atoms with E-state index in [4.69, 9.17) is 5.48 Å². The molecule has 0 atom stereocenters. The molecular formula is C34H22. The Morgan fingerprint density at radius 3 is 1.79 bits per heavy atom. The highest BCUT2D eigenvalue weighted by Crippen LogP contribution is 2.45. The van der Waals surface area contributed by atoms with Gasteiger partial charge in [0.05, 0.1) is 5.48 Å². The Bertz CT molecular complexity index is 2060. The molecule has 0 amide bonds. The first-order valence-corrected chi connectivity index (χ1v) is 11.5. The zero-order valence-corrected chi connectivity index (χ0v) is 18.4. The fraction of sp³-hybridized carbons (Fsp3) is 0. The lowest BCUT2D eigenvalue weighted by atomic mass is 9.84. The first kappa shape index (κ1) is 15.4. The summed E-state index contributed by atoms with van der Waals surface area (Å²) in [7, 11) is 0. The smallest absolute Gasteiger partial charge is 0.0622 e. The Kier molecular flexibility index (Phi) is 3.44. The summed E-state index contributed by atoms with van der Waals surface area (Å²) in [6.07, 6.45) is 0. The van der Waals surface area contributed by atoms with Crippen LogP contribution in [0.3, 0.4) is 0 Å². The molecule has 0 N–H and O–H groups in total. The van der Waals surface area contributed by atoms with Crippen LogP contribution in [0.25, 0.3) is 65.3 Å². The Morgan fingerprint density at radius 2 is 1.00 bits per heavy atom. The van der Waals surface area contributed by atoms with Crippen LogP contribution in [0.5, 0.6) is 0 Å². The maximum Gasteiger partial charge on any atom is 0.0629 e. The summed E-state index contributed by atoms with van der Waals surface area (Å²) >= 11 is 0. The van der Waals surface area contributed by atoms with Crippen molar-refractivity contribution >= 4 is 43.1 Å². The number of hydrogen-bond donors (Lipinski definition) is 0. The molecule has 34 heavy (non-hydrogen) atoms. The van der Waals surface area contributed by atoms with E-state index in [1.807, 2.05) is 60.7 Å². The van der Waals surface area contributed by atoms with Crippen LogP contribution in [0, 0.1) is 0 Å². The highest BCUT2D eigenvalue weighted by atomic mass is 14.2. The lowest BCUT2D eigenvalue weighted by Gasteiger charge is -2.19. The van der Waals surface area contributed by atoms with Gasteiger partial charge < -0.3 is 0 Å². The van der Waals surface area contributed by atoms with Crippen molar-refractivity contribution in [3.8, 4) is 22.3 Å². The van der Waals surface area contributed by atoms with Crippen LogP contribution in [0.2, 0.25) is 0 Å². The van der Waals surface area contributed by atoms with Gasteiger partial charge >= 0.3 is 0 Å². The van der Waals surface area contributed by atoms with Crippen molar-refractivity contribution in [2.45, 2.75) is 0 Å². The average molecular weight is 435 g/mol. The van der Waals surface area contributed by atoms with Gasteiger partial charge in [0.2, 0.25) is 0 Å². The molecule has 0 bridgehead atoms. The molecule has 158 valence electrons. The van der Waals surface area contributed by atoms with Crippen molar-refractivity contribution in [2.24, 2.45) is 0 Å². The molecule has 0 nitrogen and oxygen atoms in total. The third-order valence-electron chi connectivity index (χ3n) is 6.77. The van der Waals surface area contributed by atoms with E-state index in [0.717, 1.165) is 54.6 Å². The highest BCUT2D eigenvalue weighted by Gasteiger charge is 2.17. The van der Waals surface area contributed by atoms with Gasteiger partial charge in [0, 0.05) is 0 Å².